The van der Waals surface area contributed by atoms with E-state index in [2.05, 4.69) is 0 Å². The van der Waals surface area contributed by atoms with Crippen molar-refractivity contribution in [2.45, 2.75) is 19.1 Å². The van der Waals surface area contributed by atoms with Gasteiger partial charge >= 0.3 is 0 Å². The average molecular weight is 234 g/mol. The number of amides is 1. The number of rotatable bonds is 2. The molecule has 5 heteroatoms. The fraction of sp³-hybridized carbons (Fsp3) is 0.417. The number of carbonyl (C=O) groups is 1. The summed E-state index contributed by atoms with van der Waals surface area (Å²) in [5.74, 6) is 0.0718. The Morgan fingerprint density at radius 2 is 1.88 bits per heavy atom. The van der Waals surface area contributed by atoms with Crippen molar-refractivity contribution in [3.05, 3.63) is 24.3 Å². The molecule has 1 aliphatic heterocycles. The number of anilines is 2. The van der Waals surface area contributed by atoms with E-state index in [0.717, 1.165) is 12.8 Å². The second-order valence-corrected chi connectivity index (χ2v) is 4.60. The number of hydrogen-bond acceptors (Lipinski definition) is 4. The summed E-state index contributed by atoms with van der Waals surface area (Å²) in [7, 11) is 0. The van der Waals surface area contributed by atoms with E-state index in [-0.39, 0.29) is 0 Å². The fourth-order valence-corrected chi connectivity index (χ4v) is 2.13. The predicted molar refractivity (Wildman–Crippen MR) is 61.8 cm³/mol. The first-order valence-corrected chi connectivity index (χ1v) is 5.75. The maximum absolute atomic E-state index is 11.9. The van der Waals surface area contributed by atoms with Crippen molar-refractivity contribution >= 4 is 17.3 Å². The molecule has 2 aliphatic rings. The van der Waals surface area contributed by atoms with Crippen molar-refractivity contribution < 1.29 is 15.1 Å². The number of aliphatic hydroxyl groups excluding tert-OH is 1. The van der Waals surface area contributed by atoms with E-state index in [1.807, 2.05) is 6.07 Å². The van der Waals surface area contributed by atoms with Gasteiger partial charge in [0.05, 0.1) is 11.4 Å². The number of benzene rings is 1. The lowest BCUT2D eigenvalue weighted by Gasteiger charge is -2.36. The average Bonchev–Trinajstić information content (AvgIpc) is 3.16. The Hall–Kier alpha value is -1.59. The lowest BCUT2D eigenvalue weighted by molar-refractivity contribution is -0.130. The Balaban J connectivity index is 2.01. The molecule has 3 rings (SSSR count). The van der Waals surface area contributed by atoms with E-state index in [9.17, 15) is 15.1 Å². The Labute approximate surface area is 98.8 Å². The number of para-hydroxylation sites is 2. The van der Waals surface area contributed by atoms with E-state index in [1.54, 1.807) is 23.1 Å². The number of aliphatic hydroxyl groups is 1. The molecule has 0 spiro atoms. The Bertz CT molecular complexity index is 459. The standard InChI is InChI=1S/C12H14N2O3/c15-11-12(16)14(17)10-4-2-1-3-9(10)13(11)7-8-5-6-8/h1-4,8,12,16-17H,5-7H2. The molecule has 1 amide bonds. The summed E-state index contributed by atoms with van der Waals surface area (Å²) in [5.41, 5.74) is 1.14. The molecule has 1 saturated carbocycles. The molecule has 0 radical (unpaired) electrons. The maximum atomic E-state index is 11.9. The second kappa shape index (κ2) is 3.72. The molecule has 0 bridgehead atoms. The fourth-order valence-electron chi connectivity index (χ4n) is 2.13. The molecule has 1 fully saturated rings. The summed E-state index contributed by atoms with van der Waals surface area (Å²) in [6.07, 6.45) is 0.763. The van der Waals surface area contributed by atoms with Crippen molar-refractivity contribution in [2.24, 2.45) is 5.92 Å². The number of hydrogen-bond donors (Lipinski definition) is 2. The molecule has 5 nitrogen and oxygen atoms in total. The Kier molecular flexibility index (Phi) is 2.31. The monoisotopic (exact) mass is 234 g/mol. The van der Waals surface area contributed by atoms with Gasteiger partial charge in [0.1, 0.15) is 0 Å². The molecule has 1 atom stereocenters. The Morgan fingerprint density at radius 3 is 2.53 bits per heavy atom. The molecule has 0 saturated heterocycles. The molecule has 1 unspecified atom stereocenters. The molecule has 2 N–H and O–H groups in total. The highest BCUT2D eigenvalue weighted by atomic mass is 16.5. The summed E-state index contributed by atoms with van der Waals surface area (Å²) in [4.78, 5) is 13.5. The normalized spacial score (nSPS) is 23.9. The van der Waals surface area contributed by atoms with Crippen molar-refractivity contribution in [3.63, 3.8) is 0 Å². The highest BCUT2D eigenvalue weighted by Gasteiger charge is 2.38. The van der Waals surface area contributed by atoms with Crippen molar-refractivity contribution in [1.82, 2.24) is 0 Å². The molecule has 1 aliphatic carbocycles. The van der Waals surface area contributed by atoms with Crippen LogP contribution in [0.4, 0.5) is 11.4 Å². The molecule has 1 aromatic carbocycles. The molecule has 1 heterocycles. The number of carbonyl (C=O) groups excluding carboxylic acids is 1. The lowest BCUT2D eigenvalue weighted by atomic mass is 10.1. The van der Waals surface area contributed by atoms with Crippen LogP contribution in [-0.2, 0) is 4.79 Å². The summed E-state index contributed by atoms with van der Waals surface area (Å²) in [5, 5.41) is 20.0. The zero-order valence-electron chi connectivity index (χ0n) is 9.28. The van der Waals surface area contributed by atoms with Crippen LogP contribution >= 0.6 is 0 Å². The van der Waals surface area contributed by atoms with Crippen LogP contribution in [0.1, 0.15) is 12.8 Å². The van der Waals surface area contributed by atoms with Gasteiger partial charge in [-0.05, 0) is 30.9 Å². The molecule has 1 aromatic rings. The third kappa shape index (κ3) is 1.67. The quantitative estimate of drug-likeness (QED) is 0.800. The van der Waals surface area contributed by atoms with Gasteiger partial charge in [0.2, 0.25) is 6.23 Å². The highest BCUT2D eigenvalue weighted by molar-refractivity contribution is 6.03. The number of hydroxylamine groups is 1. The van der Waals surface area contributed by atoms with Gasteiger partial charge in [-0.25, -0.2) is 5.06 Å². The minimum Gasteiger partial charge on any atom is -0.364 e. The largest absolute Gasteiger partial charge is 0.364 e. The van der Waals surface area contributed by atoms with E-state index in [0.29, 0.717) is 28.9 Å². The van der Waals surface area contributed by atoms with Crippen LogP contribution < -0.4 is 9.96 Å². The van der Waals surface area contributed by atoms with Gasteiger partial charge in [-0.3, -0.25) is 10.0 Å². The molecular weight excluding hydrogens is 220 g/mol. The first-order chi connectivity index (χ1) is 8.18. The predicted octanol–water partition coefficient (Wildman–Crippen LogP) is 0.957. The molecule has 0 aromatic heterocycles. The van der Waals surface area contributed by atoms with E-state index in [1.165, 1.54) is 0 Å². The van der Waals surface area contributed by atoms with Gasteiger partial charge in [0, 0.05) is 6.54 Å². The van der Waals surface area contributed by atoms with Gasteiger partial charge < -0.3 is 10.0 Å². The van der Waals surface area contributed by atoms with Gasteiger partial charge in [-0.1, -0.05) is 12.1 Å². The third-order valence-corrected chi connectivity index (χ3v) is 3.28. The molecular formula is C12H14N2O3. The molecule has 90 valence electrons. The van der Waals surface area contributed by atoms with E-state index in [4.69, 9.17) is 0 Å². The van der Waals surface area contributed by atoms with Crippen molar-refractivity contribution in [2.75, 3.05) is 16.5 Å². The minimum absolute atomic E-state index is 0.460. The number of fused-ring (bicyclic) bond motifs is 1. The first kappa shape index (κ1) is 10.6. The topological polar surface area (TPSA) is 64.0 Å². The first-order valence-electron chi connectivity index (χ1n) is 5.75. The maximum Gasteiger partial charge on any atom is 0.279 e. The summed E-state index contributed by atoms with van der Waals surface area (Å²) < 4.78 is 0. The summed E-state index contributed by atoms with van der Waals surface area (Å²) in [6.45, 7) is 0.626. The van der Waals surface area contributed by atoms with E-state index < -0.39 is 12.1 Å². The third-order valence-electron chi connectivity index (χ3n) is 3.28. The smallest absolute Gasteiger partial charge is 0.279 e. The zero-order valence-corrected chi connectivity index (χ0v) is 9.28. The van der Waals surface area contributed by atoms with Crippen molar-refractivity contribution in [3.8, 4) is 0 Å². The van der Waals surface area contributed by atoms with Gasteiger partial charge in [-0.2, -0.15) is 0 Å². The van der Waals surface area contributed by atoms with Gasteiger partial charge in [-0.15, -0.1) is 0 Å². The van der Waals surface area contributed by atoms with Gasteiger partial charge in [0.15, 0.2) is 0 Å². The van der Waals surface area contributed by atoms with Crippen LogP contribution in [0, 0.1) is 5.92 Å². The molecule has 17 heavy (non-hydrogen) atoms. The SMILES string of the molecule is O=C1C(O)N(O)c2ccccc2N1CC1CC1. The minimum atomic E-state index is -1.50. The van der Waals surface area contributed by atoms with Crippen LogP contribution in [0.3, 0.4) is 0 Å². The van der Waals surface area contributed by atoms with Gasteiger partial charge in [0.25, 0.3) is 5.91 Å². The van der Waals surface area contributed by atoms with E-state index >= 15 is 0 Å². The highest BCUT2D eigenvalue weighted by Crippen LogP contribution is 2.38. The van der Waals surface area contributed by atoms with Crippen LogP contribution in [0.25, 0.3) is 0 Å². The van der Waals surface area contributed by atoms with Crippen molar-refractivity contribution in [1.29, 1.82) is 0 Å². The summed E-state index contributed by atoms with van der Waals surface area (Å²) in [6, 6.07) is 7.05. The lowest BCUT2D eigenvalue weighted by Crippen LogP contribution is -2.52. The van der Waals surface area contributed by atoms with Crippen LogP contribution in [0.2, 0.25) is 0 Å². The van der Waals surface area contributed by atoms with Crippen LogP contribution in [0.5, 0.6) is 0 Å². The second-order valence-electron chi connectivity index (χ2n) is 4.60. The summed E-state index contributed by atoms with van der Waals surface area (Å²) >= 11 is 0. The van der Waals surface area contributed by atoms with Crippen LogP contribution in [-0.4, -0.2) is 29.0 Å². The zero-order chi connectivity index (χ0) is 12.0. The Morgan fingerprint density at radius 1 is 1.24 bits per heavy atom. The van der Waals surface area contributed by atoms with Crippen LogP contribution in [0.15, 0.2) is 24.3 Å². The number of nitrogens with zero attached hydrogens (tertiary/aromatic N) is 2.